The summed E-state index contributed by atoms with van der Waals surface area (Å²) >= 11 is 3.67. The van der Waals surface area contributed by atoms with Gasteiger partial charge < -0.3 is 20.5 Å². The molecule has 2 aromatic carbocycles. The van der Waals surface area contributed by atoms with Gasteiger partial charge in [-0.05, 0) is 90.1 Å². The van der Waals surface area contributed by atoms with Gasteiger partial charge in [0, 0.05) is 55.4 Å². The maximum atomic E-state index is 7.26. The van der Waals surface area contributed by atoms with Gasteiger partial charge >= 0.3 is 0 Å². The molecule has 6 unspecified atom stereocenters. The van der Waals surface area contributed by atoms with Gasteiger partial charge in [-0.2, -0.15) is 0 Å². The number of thiophene rings is 2. The molecule has 0 saturated carbocycles. The fraction of sp³-hybridized carbons (Fsp3) is 0.319. The Labute approximate surface area is 319 Å². The third-order valence-electron chi connectivity index (χ3n) is 13.0. The second-order valence-corrected chi connectivity index (χ2v) is 17.8. The molecule has 11 rings (SSSR count). The van der Waals surface area contributed by atoms with Crippen LogP contribution in [0.1, 0.15) is 66.2 Å². The highest BCUT2D eigenvalue weighted by atomic mass is 32.1. The molecule has 4 nitrogen and oxygen atoms in total. The van der Waals surface area contributed by atoms with E-state index in [9.17, 15) is 0 Å². The standard InChI is InChI=1S/C47H44N2O2S2/c1-2-10-31-43-29(11-7-18-41(43)52-45(31)48)27-20-22-35-39(25-27)50-37-16-5-3-14-33(37)47(35)34-15-4-6-17-38(34)51-40-26-28(21-23-36(40)47)30-12-8-19-42-44(30)32-13-9-24-49-46(32)53-42/h3-7,9,11-16,18,20,22,25-26,33,36-38,40,49H,2,8,10,17,19,21,23-24,48H2,1H3. The van der Waals surface area contributed by atoms with Gasteiger partial charge in [0.05, 0.1) is 22.2 Å². The zero-order valence-corrected chi connectivity index (χ0v) is 31.7. The lowest BCUT2D eigenvalue weighted by atomic mass is 9.49. The van der Waals surface area contributed by atoms with Crippen LogP contribution in [0.25, 0.3) is 32.9 Å². The third kappa shape index (κ3) is 4.68. The molecule has 4 aliphatic carbocycles. The Morgan fingerprint density at radius 2 is 1.96 bits per heavy atom. The quantitative estimate of drug-likeness (QED) is 0.219. The maximum Gasteiger partial charge on any atom is 0.125 e. The smallest absolute Gasteiger partial charge is 0.125 e. The van der Waals surface area contributed by atoms with Crippen molar-refractivity contribution in [2.75, 3.05) is 17.6 Å². The van der Waals surface area contributed by atoms with Crippen molar-refractivity contribution in [3.05, 3.63) is 135 Å². The largest absolute Gasteiger partial charge is 0.485 e. The van der Waals surface area contributed by atoms with Crippen LogP contribution in [0.4, 0.5) is 10.0 Å². The highest BCUT2D eigenvalue weighted by molar-refractivity contribution is 7.23. The van der Waals surface area contributed by atoms with Gasteiger partial charge in [-0.3, -0.25) is 0 Å². The fourth-order valence-corrected chi connectivity index (χ4v) is 13.2. The lowest BCUT2D eigenvalue weighted by Gasteiger charge is -2.60. The lowest BCUT2D eigenvalue weighted by Crippen LogP contribution is -2.61. The Hall–Kier alpha value is -4.36. The van der Waals surface area contributed by atoms with Gasteiger partial charge in [-0.1, -0.05) is 98.4 Å². The summed E-state index contributed by atoms with van der Waals surface area (Å²) in [6.07, 6.45) is 33.1. The molecule has 1 spiro atoms. The Morgan fingerprint density at radius 3 is 2.91 bits per heavy atom. The molecular weight excluding hydrogens is 689 g/mol. The van der Waals surface area contributed by atoms with Crippen LogP contribution in [0.5, 0.6) is 5.75 Å². The van der Waals surface area contributed by atoms with E-state index in [1.165, 1.54) is 70.1 Å². The minimum atomic E-state index is -0.259. The van der Waals surface area contributed by atoms with Crippen molar-refractivity contribution in [2.24, 2.45) is 11.8 Å². The number of nitrogen functional groups attached to an aromatic ring is 1. The van der Waals surface area contributed by atoms with E-state index in [4.69, 9.17) is 15.2 Å². The molecule has 6 atom stereocenters. The van der Waals surface area contributed by atoms with Crippen LogP contribution in [-0.4, -0.2) is 24.9 Å². The van der Waals surface area contributed by atoms with E-state index in [1.54, 1.807) is 11.3 Å². The molecule has 1 fully saturated rings. The highest BCUT2D eigenvalue weighted by Crippen LogP contribution is 2.63. The molecule has 0 amide bonds. The molecule has 3 aliphatic heterocycles. The van der Waals surface area contributed by atoms with Gasteiger partial charge in [-0.15, -0.1) is 22.7 Å². The average Bonchev–Trinajstić information content (AvgIpc) is 3.74. The second-order valence-electron chi connectivity index (χ2n) is 15.6. The molecule has 3 N–H and O–H groups in total. The molecule has 0 radical (unpaired) electrons. The summed E-state index contributed by atoms with van der Waals surface area (Å²) in [4.78, 5) is 1.53. The van der Waals surface area contributed by atoms with E-state index in [-0.39, 0.29) is 35.6 Å². The Morgan fingerprint density at radius 1 is 1.02 bits per heavy atom. The molecular formula is C47H44N2O2S2. The van der Waals surface area contributed by atoms with Crippen LogP contribution in [0, 0.1) is 11.8 Å². The normalized spacial score (nSPS) is 28.8. The minimum absolute atomic E-state index is 0.00604. The topological polar surface area (TPSA) is 56.5 Å². The van der Waals surface area contributed by atoms with E-state index in [0.717, 1.165) is 62.2 Å². The van der Waals surface area contributed by atoms with Crippen LogP contribution in [0.15, 0.2) is 108 Å². The number of nitrogens with one attached hydrogen (secondary N) is 1. The summed E-state index contributed by atoms with van der Waals surface area (Å²) in [5, 5.41) is 7.22. The van der Waals surface area contributed by atoms with Crippen molar-refractivity contribution in [1.82, 2.24) is 0 Å². The summed E-state index contributed by atoms with van der Waals surface area (Å²) in [5.41, 5.74) is 18.6. The first kappa shape index (κ1) is 32.1. The molecule has 1 saturated heterocycles. The van der Waals surface area contributed by atoms with Crippen molar-refractivity contribution in [3.63, 3.8) is 0 Å². The number of allylic oxidation sites excluding steroid dienone is 7. The summed E-state index contributed by atoms with van der Waals surface area (Å²) < 4.78 is 15.6. The predicted molar refractivity (Wildman–Crippen MR) is 223 cm³/mol. The highest BCUT2D eigenvalue weighted by Gasteiger charge is 2.61. The van der Waals surface area contributed by atoms with Gasteiger partial charge in [0.15, 0.2) is 0 Å². The van der Waals surface area contributed by atoms with E-state index < -0.39 is 0 Å². The summed E-state index contributed by atoms with van der Waals surface area (Å²) in [7, 11) is 0. The van der Waals surface area contributed by atoms with E-state index in [2.05, 4.69) is 115 Å². The SMILES string of the molecule is CCCc1c(N)sc2cccc(-c3ccc4c(c3)OC3C=CC=CC3C43C4=CC=CCC4OC4C=C(C5=CCCc6sc7c(c65)C=CCN7)CCC43)c12. The molecule has 5 heterocycles. The van der Waals surface area contributed by atoms with E-state index in [1.807, 2.05) is 11.3 Å². The van der Waals surface area contributed by atoms with E-state index in [0.29, 0.717) is 0 Å². The fourth-order valence-electron chi connectivity index (χ4n) is 10.9. The molecule has 0 bridgehead atoms. The van der Waals surface area contributed by atoms with Gasteiger partial charge in [0.25, 0.3) is 0 Å². The zero-order chi connectivity index (χ0) is 35.3. The Kier molecular flexibility index (Phi) is 7.47. The number of rotatable bonds is 4. The molecule has 266 valence electrons. The number of anilines is 2. The molecule has 4 aromatic rings. The van der Waals surface area contributed by atoms with Crippen LogP contribution < -0.4 is 15.8 Å². The van der Waals surface area contributed by atoms with Crippen LogP contribution >= 0.6 is 22.7 Å². The summed E-state index contributed by atoms with van der Waals surface area (Å²) in [5.74, 6) is 1.46. The van der Waals surface area contributed by atoms with Crippen molar-refractivity contribution in [2.45, 2.75) is 75.6 Å². The van der Waals surface area contributed by atoms with Crippen LogP contribution in [0.2, 0.25) is 0 Å². The number of ether oxygens (including phenoxy) is 2. The first-order valence-corrected chi connectivity index (χ1v) is 21.2. The average molecular weight is 733 g/mol. The zero-order valence-electron chi connectivity index (χ0n) is 30.1. The van der Waals surface area contributed by atoms with Gasteiger partial charge in [0.2, 0.25) is 0 Å². The van der Waals surface area contributed by atoms with Crippen molar-refractivity contribution >= 4 is 54.4 Å². The predicted octanol–water partition coefficient (Wildman–Crippen LogP) is 11.4. The van der Waals surface area contributed by atoms with Crippen LogP contribution in [0.3, 0.4) is 0 Å². The number of aryl methyl sites for hydroxylation is 2. The summed E-state index contributed by atoms with van der Waals surface area (Å²) in [6, 6.07) is 13.8. The second kappa shape index (κ2) is 12.3. The number of benzene rings is 2. The first-order valence-electron chi connectivity index (χ1n) is 19.6. The third-order valence-corrected chi connectivity index (χ3v) is 15.2. The van der Waals surface area contributed by atoms with Crippen LogP contribution in [-0.2, 0) is 23.0 Å². The molecule has 53 heavy (non-hydrogen) atoms. The summed E-state index contributed by atoms with van der Waals surface area (Å²) in [6.45, 7) is 3.15. The van der Waals surface area contributed by atoms with Crippen molar-refractivity contribution in [1.29, 1.82) is 0 Å². The van der Waals surface area contributed by atoms with Gasteiger partial charge in [-0.25, -0.2) is 0 Å². The first-order chi connectivity index (χ1) is 26.1. The number of fused-ring (bicyclic) bond motifs is 12. The van der Waals surface area contributed by atoms with E-state index >= 15 is 0 Å². The van der Waals surface area contributed by atoms with Crippen molar-refractivity contribution < 1.29 is 9.47 Å². The number of hydrogen-bond acceptors (Lipinski definition) is 6. The lowest BCUT2D eigenvalue weighted by molar-refractivity contribution is -0.0878. The Bertz CT molecular complexity index is 2410. The van der Waals surface area contributed by atoms with Gasteiger partial charge in [0.1, 0.15) is 11.9 Å². The monoisotopic (exact) mass is 732 g/mol. The number of nitrogens with two attached hydrogens (primary N) is 1. The maximum absolute atomic E-state index is 7.26. The minimum Gasteiger partial charge on any atom is -0.485 e. The molecule has 6 heteroatoms. The molecule has 2 aromatic heterocycles. The Balaban J connectivity index is 1.07. The molecule has 7 aliphatic rings. The van der Waals surface area contributed by atoms with Crippen molar-refractivity contribution in [3.8, 4) is 16.9 Å². The number of hydrogen-bond donors (Lipinski definition) is 2.